The van der Waals surface area contributed by atoms with Crippen molar-refractivity contribution >= 4 is 5.97 Å². The van der Waals surface area contributed by atoms with Gasteiger partial charge in [0.2, 0.25) is 5.60 Å². The van der Waals surface area contributed by atoms with Crippen molar-refractivity contribution in [2.24, 2.45) is 0 Å². The van der Waals surface area contributed by atoms with Crippen LogP contribution in [0, 0.1) is 0 Å². The number of aliphatic hydroxyl groups is 2. The molecule has 2 aliphatic rings. The number of allylic oxidation sites excluding steroid dienone is 1. The van der Waals surface area contributed by atoms with Gasteiger partial charge >= 0.3 is 5.97 Å². The molecule has 2 rings (SSSR count). The number of ether oxygens (including phenoxy) is 2. The van der Waals surface area contributed by atoms with E-state index in [0.29, 0.717) is 0 Å². The molecule has 0 bridgehead atoms. The van der Waals surface area contributed by atoms with Gasteiger partial charge in [0.05, 0.1) is 6.61 Å². The van der Waals surface area contributed by atoms with Crippen molar-refractivity contribution in [3.63, 3.8) is 0 Å². The number of hydrogen-bond donors (Lipinski definition) is 2. The SMILES string of the molecule is CCOC(=O)C12C=CC(O)=C(O)C1O2. The van der Waals surface area contributed by atoms with Crippen LogP contribution < -0.4 is 0 Å². The van der Waals surface area contributed by atoms with Gasteiger partial charge in [-0.25, -0.2) is 4.79 Å². The summed E-state index contributed by atoms with van der Waals surface area (Å²) >= 11 is 0. The molecule has 1 aliphatic heterocycles. The lowest BCUT2D eigenvalue weighted by molar-refractivity contribution is -0.147. The number of aliphatic hydroxyl groups excluding tert-OH is 2. The van der Waals surface area contributed by atoms with E-state index in [1.165, 1.54) is 12.2 Å². The minimum atomic E-state index is -1.20. The van der Waals surface area contributed by atoms with Crippen LogP contribution in [0.25, 0.3) is 0 Å². The third kappa shape index (κ3) is 1.02. The summed E-state index contributed by atoms with van der Waals surface area (Å²) in [4.78, 5) is 11.4. The average molecular weight is 198 g/mol. The van der Waals surface area contributed by atoms with E-state index in [-0.39, 0.29) is 18.1 Å². The highest BCUT2D eigenvalue weighted by Gasteiger charge is 2.66. The summed E-state index contributed by atoms with van der Waals surface area (Å²) in [6, 6.07) is 0. The Balaban J connectivity index is 2.20. The molecule has 0 saturated carbocycles. The Morgan fingerprint density at radius 2 is 2.43 bits per heavy atom. The maximum Gasteiger partial charge on any atom is 0.345 e. The molecule has 2 atom stereocenters. The number of rotatable bonds is 2. The van der Waals surface area contributed by atoms with E-state index < -0.39 is 17.7 Å². The summed E-state index contributed by atoms with van der Waals surface area (Å²) in [5.41, 5.74) is -1.20. The van der Waals surface area contributed by atoms with Crippen LogP contribution in [0.2, 0.25) is 0 Å². The fourth-order valence-electron chi connectivity index (χ4n) is 1.44. The van der Waals surface area contributed by atoms with E-state index >= 15 is 0 Å². The smallest absolute Gasteiger partial charge is 0.345 e. The maximum atomic E-state index is 11.4. The molecule has 5 heteroatoms. The molecular formula is C9H10O5. The van der Waals surface area contributed by atoms with Crippen LogP contribution in [-0.2, 0) is 14.3 Å². The second kappa shape index (κ2) is 2.75. The largest absolute Gasteiger partial charge is 0.506 e. The normalized spacial score (nSPS) is 33.9. The average Bonchev–Trinajstić information content (AvgIpc) is 2.89. The van der Waals surface area contributed by atoms with E-state index in [0.717, 1.165) is 0 Å². The zero-order chi connectivity index (χ0) is 10.3. The fraction of sp³-hybridized carbons (Fsp3) is 0.444. The molecule has 2 N–H and O–H groups in total. The number of carbonyl (C=O) groups excluding carboxylic acids is 1. The van der Waals surface area contributed by atoms with Crippen LogP contribution in [-0.4, -0.2) is 34.5 Å². The molecule has 0 spiro atoms. The highest BCUT2D eigenvalue weighted by atomic mass is 16.7. The Hall–Kier alpha value is -1.49. The van der Waals surface area contributed by atoms with Gasteiger partial charge < -0.3 is 19.7 Å². The molecule has 1 fully saturated rings. The molecule has 0 amide bonds. The molecule has 76 valence electrons. The Labute approximate surface area is 80.2 Å². The summed E-state index contributed by atoms with van der Waals surface area (Å²) in [6.07, 6.45) is 1.84. The van der Waals surface area contributed by atoms with Gasteiger partial charge in [-0.3, -0.25) is 0 Å². The number of hydrogen-bond acceptors (Lipinski definition) is 5. The predicted octanol–water partition coefficient (Wildman–Crippen LogP) is 0.584. The molecule has 0 radical (unpaired) electrons. The lowest BCUT2D eigenvalue weighted by Gasteiger charge is -2.10. The Morgan fingerprint density at radius 1 is 1.71 bits per heavy atom. The van der Waals surface area contributed by atoms with Crippen molar-refractivity contribution in [2.45, 2.75) is 18.6 Å². The minimum Gasteiger partial charge on any atom is -0.506 e. The molecule has 0 aromatic heterocycles. The predicted molar refractivity (Wildman–Crippen MR) is 45.7 cm³/mol. The molecule has 1 heterocycles. The number of epoxide rings is 1. The molecule has 2 unspecified atom stereocenters. The molecule has 0 aromatic rings. The third-order valence-electron chi connectivity index (χ3n) is 2.24. The highest BCUT2D eigenvalue weighted by Crippen LogP contribution is 2.46. The van der Waals surface area contributed by atoms with E-state index in [9.17, 15) is 9.90 Å². The van der Waals surface area contributed by atoms with Crippen LogP contribution in [0.3, 0.4) is 0 Å². The first-order valence-corrected chi connectivity index (χ1v) is 4.28. The van der Waals surface area contributed by atoms with Crippen molar-refractivity contribution in [2.75, 3.05) is 6.61 Å². The molecule has 0 aromatic carbocycles. The van der Waals surface area contributed by atoms with Crippen LogP contribution in [0.15, 0.2) is 23.7 Å². The van der Waals surface area contributed by atoms with Crippen molar-refractivity contribution in [1.82, 2.24) is 0 Å². The zero-order valence-electron chi connectivity index (χ0n) is 7.56. The Morgan fingerprint density at radius 3 is 3.07 bits per heavy atom. The van der Waals surface area contributed by atoms with Crippen molar-refractivity contribution in [3.8, 4) is 0 Å². The second-order valence-electron chi connectivity index (χ2n) is 3.12. The monoisotopic (exact) mass is 198 g/mol. The fourth-order valence-corrected chi connectivity index (χ4v) is 1.44. The van der Waals surface area contributed by atoms with Gasteiger partial charge in [0.15, 0.2) is 17.6 Å². The van der Waals surface area contributed by atoms with Crippen LogP contribution in [0.4, 0.5) is 0 Å². The first-order valence-electron chi connectivity index (χ1n) is 4.28. The molecule has 14 heavy (non-hydrogen) atoms. The summed E-state index contributed by atoms with van der Waals surface area (Å²) in [7, 11) is 0. The summed E-state index contributed by atoms with van der Waals surface area (Å²) in [5.74, 6) is -1.13. The standard InChI is InChI=1S/C9H10O5/c1-2-13-8(12)9-4-3-5(10)6(11)7(9)14-9/h3-4,7,10-11H,2H2,1H3. The summed E-state index contributed by atoms with van der Waals surface area (Å²) in [6.45, 7) is 1.94. The number of fused-ring (bicyclic) bond motifs is 1. The number of carbonyl (C=O) groups is 1. The minimum absolute atomic E-state index is 0.251. The van der Waals surface area contributed by atoms with Crippen molar-refractivity contribution in [3.05, 3.63) is 23.7 Å². The van der Waals surface area contributed by atoms with E-state index in [2.05, 4.69) is 0 Å². The molecule has 5 nitrogen and oxygen atoms in total. The Kier molecular flexibility index (Phi) is 1.78. The van der Waals surface area contributed by atoms with Gasteiger partial charge in [0.25, 0.3) is 0 Å². The van der Waals surface area contributed by atoms with Gasteiger partial charge in [-0.15, -0.1) is 0 Å². The zero-order valence-corrected chi connectivity index (χ0v) is 7.56. The van der Waals surface area contributed by atoms with Gasteiger partial charge in [0.1, 0.15) is 0 Å². The lowest BCUT2D eigenvalue weighted by Crippen LogP contribution is -2.30. The van der Waals surface area contributed by atoms with E-state index in [1.807, 2.05) is 0 Å². The highest BCUT2D eigenvalue weighted by molar-refractivity contribution is 5.87. The number of esters is 1. The first kappa shape index (κ1) is 9.08. The lowest BCUT2D eigenvalue weighted by atomic mass is 9.98. The summed E-state index contributed by atoms with van der Waals surface area (Å²) in [5, 5.41) is 18.4. The maximum absolute atomic E-state index is 11.4. The second-order valence-corrected chi connectivity index (χ2v) is 3.12. The van der Waals surface area contributed by atoms with Gasteiger partial charge in [-0.05, 0) is 19.1 Å². The van der Waals surface area contributed by atoms with Crippen LogP contribution >= 0.6 is 0 Å². The molecule has 1 aliphatic carbocycles. The van der Waals surface area contributed by atoms with Gasteiger partial charge in [-0.2, -0.15) is 0 Å². The summed E-state index contributed by atoms with van der Waals surface area (Å²) < 4.78 is 9.81. The van der Waals surface area contributed by atoms with E-state index in [1.54, 1.807) is 6.92 Å². The van der Waals surface area contributed by atoms with Crippen LogP contribution in [0.5, 0.6) is 0 Å². The van der Waals surface area contributed by atoms with Crippen molar-refractivity contribution in [1.29, 1.82) is 0 Å². The molecular weight excluding hydrogens is 188 g/mol. The van der Waals surface area contributed by atoms with E-state index in [4.69, 9.17) is 14.6 Å². The quantitative estimate of drug-likeness (QED) is 0.501. The first-order chi connectivity index (χ1) is 6.62. The topological polar surface area (TPSA) is 79.3 Å². The van der Waals surface area contributed by atoms with Crippen LogP contribution in [0.1, 0.15) is 6.92 Å². The molecule has 1 saturated heterocycles. The third-order valence-corrected chi connectivity index (χ3v) is 2.24. The van der Waals surface area contributed by atoms with Gasteiger partial charge in [-0.1, -0.05) is 0 Å². The van der Waals surface area contributed by atoms with Crippen molar-refractivity contribution < 1.29 is 24.5 Å². The Bertz CT molecular complexity index is 343. The van der Waals surface area contributed by atoms with Gasteiger partial charge in [0, 0.05) is 0 Å².